The van der Waals surface area contributed by atoms with Crippen LogP contribution >= 0.6 is 0 Å². The van der Waals surface area contributed by atoms with Crippen molar-refractivity contribution in [2.45, 2.75) is 6.61 Å². The van der Waals surface area contributed by atoms with Crippen molar-refractivity contribution in [2.75, 3.05) is 0 Å². The lowest BCUT2D eigenvalue weighted by atomic mass is 9.96. The summed E-state index contributed by atoms with van der Waals surface area (Å²) < 4.78 is 6.10. The number of fused-ring (bicyclic) bond motifs is 1. The van der Waals surface area contributed by atoms with Gasteiger partial charge >= 0.3 is 0 Å². The molecule has 0 fully saturated rings. The molecule has 0 bridgehead atoms. The first-order valence-corrected chi connectivity index (χ1v) is 8.70. The standard InChI is InChI=1S/C23H17N3O/c24-26-25-21-15-22(27-16-17-9-3-1-4-10-17)19-13-7-8-14-20(19)23(21)18-11-5-2-6-12-18/h1-15H,16H2. The van der Waals surface area contributed by atoms with Gasteiger partial charge in [-0.1, -0.05) is 90.0 Å². The van der Waals surface area contributed by atoms with Crippen LogP contribution in [0.1, 0.15) is 5.56 Å². The molecule has 0 N–H and O–H groups in total. The molecule has 0 atom stereocenters. The summed E-state index contributed by atoms with van der Waals surface area (Å²) in [5.41, 5.74) is 12.6. The molecular formula is C23H17N3O. The molecule has 4 aromatic rings. The summed E-state index contributed by atoms with van der Waals surface area (Å²) in [6.45, 7) is 0.450. The first-order chi connectivity index (χ1) is 13.4. The average Bonchev–Trinajstić information content (AvgIpc) is 2.73. The topological polar surface area (TPSA) is 58.0 Å². The molecular weight excluding hydrogens is 334 g/mol. The fourth-order valence-corrected chi connectivity index (χ4v) is 3.22. The highest BCUT2D eigenvalue weighted by Gasteiger charge is 2.14. The maximum atomic E-state index is 9.08. The second kappa shape index (κ2) is 7.65. The SMILES string of the molecule is [N-]=[N+]=Nc1cc(OCc2ccccc2)c2ccccc2c1-c1ccccc1. The molecule has 0 unspecified atom stereocenters. The Morgan fingerprint density at radius 3 is 2.11 bits per heavy atom. The van der Waals surface area contributed by atoms with Crippen LogP contribution in [0.3, 0.4) is 0 Å². The Bertz CT molecular complexity index is 1120. The first kappa shape index (κ1) is 16.7. The maximum Gasteiger partial charge on any atom is 0.128 e. The highest BCUT2D eigenvalue weighted by molar-refractivity contribution is 6.05. The van der Waals surface area contributed by atoms with Crippen LogP contribution in [0.15, 0.2) is 96.1 Å². The zero-order valence-corrected chi connectivity index (χ0v) is 14.6. The minimum atomic E-state index is 0.450. The Morgan fingerprint density at radius 2 is 1.41 bits per heavy atom. The summed E-state index contributed by atoms with van der Waals surface area (Å²) >= 11 is 0. The Hall–Kier alpha value is -3.75. The van der Waals surface area contributed by atoms with Crippen LogP contribution in [-0.4, -0.2) is 0 Å². The van der Waals surface area contributed by atoms with E-state index >= 15 is 0 Å². The molecule has 0 saturated carbocycles. The third kappa shape index (κ3) is 3.47. The van der Waals surface area contributed by atoms with Crippen LogP contribution in [0.25, 0.3) is 32.3 Å². The third-order valence-corrected chi connectivity index (χ3v) is 4.44. The fourth-order valence-electron chi connectivity index (χ4n) is 3.22. The average molecular weight is 351 g/mol. The smallest absolute Gasteiger partial charge is 0.128 e. The van der Waals surface area contributed by atoms with Crippen molar-refractivity contribution in [3.63, 3.8) is 0 Å². The predicted octanol–water partition coefficient (Wildman–Crippen LogP) is 7.03. The second-order valence-electron chi connectivity index (χ2n) is 6.14. The molecule has 0 saturated heterocycles. The molecule has 0 aliphatic rings. The van der Waals surface area contributed by atoms with Gasteiger partial charge in [-0.05, 0) is 33.7 Å². The molecule has 130 valence electrons. The van der Waals surface area contributed by atoms with Crippen LogP contribution in [0.5, 0.6) is 5.75 Å². The largest absolute Gasteiger partial charge is 0.488 e. The van der Waals surface area contributed by atoms with E-state index in [4.69, 9.17) is 10.3 Å². The molecule has 0 radical (unpaired) electrons. The van der Waals surface area contributed by atoms with Gasteiger partial charge in [0.2, 0.25) is 0 Å². The lowest BCUT2D eigenvalue weighted by molar-refractivity contribution is 0.310. The number of ether oxygens (including phenoxy) is 1. The molecule has 4 nitrogen and oxygen atoms in total. The van der Waals surface area contributed by atoms with Gasteiger partial charge in [-0.2, -0.15) is 0 Å². The molecule has 0 aliphatic carbocycles. The van der Waals surface area contributed by atoms with E-state index in [2.05, 4.69) is 10.0 Å². The van der Waals surface area contributed by atoms with E-state index in [1.807, 2.05) is 91.0 Å². The fraction of sp³-hybridized carbons (Fsp3) is 0.0435. The van der Waals surface area contributed by atoms with Crippen LogP contribution in [-0.2, 0) is 6.61 Å². The Morgan fingerprint density at radius 1 is 0.778 bits per heavy atom. The maximum absolute atomic E-state index is 9.08. The molecule has 4 rings (SSSR count). The zero-order chi connectivity index (χ0) is 18.5. The van der Waals surface area contributed by atoms with E-state index < -0.39 is 0 Å². The van der Waals surface area contributed by atoms with Gasteiger partial charge < -0.3 is 4.74 Å². The number of hydrogen-bond donors (Lipinski definition) is 0. The quantitative estimate of drug-likeness (QED) is 0.216. The molecule has 0 amide bonds. The van der Waals surface area contributed by atoms with Crippen LogP contribution < -0.4 is 4.74 Å². The summed E-state index contributed by atoms with van der Waals surface area (Å²) in [4.78, 5) is 3.03. The molecule has 0 aliphatic heterocycles. The van der Waals surface area contributed by atoms with Crippen molar-refractivity contribution in [2.24, 2.45) is 5.11 Å². The Kier molecular flexibility index (Phi) is 4.73. The van der Waals surface area contributed by atoms with Gasteiger partial charge in [0, 0.05) is 16.0 Å². The predicted molar refractivity (Wildman–Crippen MR) is 109 cm³/mol. The lowest BCUT2D eigenvalue weighted by Gasteiger charge is -2.15. The Balaban J connectivity index is 1.87. The third-order valence-electron chi connectivity index (χ3n) is 4.44. The number of azide groups is 1. The minimum Gasteiger partial charge on any atom is -0.488 e. The van der Waals surface area contributed by atoms with Crippen LogP contribution in [0.2, 0.25) is 0 Å². The highest BCUT2D eigenvalue weighted by Crippen LogP contribution is 2.42. The molecule has 0 heterocycles. The second-order valence-corrected chi connectivity index (χ2v) is 6.14. The summed E-state index contributed by atoms with van der Waals surface area (Å²) in [5.74, 6) is 0.705. The van der Waals surface area contributed by atoms with Crippen molar-refractivity contribution in [1.29, 1.82) is 0 Å². The molecule has 4 aromatic carbocycles. The van der Waals surface area contributed by atoms with Gasteiger partial charge in [0.05, 0.1) is 0 Å². The monoisotopic (exact) mass is 351 g/mol. The zero-order valence-electron chi connectivity index (χ0n) is 14.6. The molecule has 0 spiro atoms. The number of rotatable bonds is 5. The Labute approximate surface area is 157 Å². The van der Waals surface area contributed by atoms with Gasteiger partial charge in [0.1, 0.15) is 12.4 Å². The van der Waals surface area contributed by atoms with E-state index in [9.17, 15) is 0 Å². The highest BCUT2D eigenvalue weighted by atomic mass is 16.5. The first-order valence-electron chi connectivity index (χ1n) is 8.70. The summed E-state index contributed by atoms with van der Waals surface area (Å²) in [7, 11) is 0. The van der Waals surface area contributed by atoms with Crippen molar-refractivity contribution < 1.29 is 4.74 Å². The normalized spacial score (nSPS) is 10.4. The lowest BCUT2D eigenvalue weighted by Crippen LogP contribution is -1.96. The van der Waals surface area contributed by atoms with Crippen molar-refractivity contribution in [1.82, 2.24) is 0 Å². The molecule has 4 heteroatoms. The van der Waals surface area contributed by atoms with E-state index in [0.29, 0.717) is 18.0 Å². The molecule has 0 aromatic heterocycles. The van der Waals surface area contributed by atoms with Gasteiger partial charge in [-0.3, -0.25) is 0 Å². The van der Waals surface area contributed by atoms with Gasteiger partial charge in [0.15, 0.2) is 0 Å². The number of benzene rings is 4. The number of nitrogens with zero attached hydrogens (tertiary/aromatic N) is 3. The van der Waals surface area contributed by atoms with E-state index in [-0.39, 0.29) is 0 Å². The summed E-state index contributed by atoms with van der Waals surface area (Å²) in [5, 5.41) is 5.94. The minimum absolute atomic E-state index is 0.450. The molecule has 27 heavy (non-hydrogen) atoms. The van der Waals surface area contributed by atoms with Crippen molar-refractivity contribution in [3.8, 4) is 16.9 Å². The van der Waals surface area contributed by atoms with Crippen molar-refractivity contribution >= 4 is 16.5 Å². The van der Waals surface area contributed by atoms with E-state index in [1.54, 1.807) is 0 Å². The summed E-state index contributed by atoms with van der Waals surface area (Å²) in [6, 6.07) is 29.8. The van der Waals surface area contributed by atoms with Crippen LogP contribution in [0, 0.1) is 0 Å². The van der Waals surface area contributed by atoms with E-state index in [1.165, 1.54) is 0 Å². The van der Waals surface area contributed by atoms with Crippen LogP contribution in [0.4, 0.5) is 5.69 Å². The van der Waals surface area contributed by atoms with Gasteiger partial charge in [-0.25, -0.2) is 0 Å². The number of hydrogen-bond acceptors (Lipinski definition) is 2. The van der Waals surface area contributed by atoms with Gasteiger partial charge in [-0.15, -0.1) is 0 Å². The summed E-state index contributed by atoms with van der Waals surface area (Å²) in [6.07, 6.45) is 0. The van der Waals surface area contributed by atoms with Crippen molar-refractivity contribution in [3.05, 3.63) is 107 Å². The van der Waals surface area contributed by atoms with Gasteiger partial charge in [0.25, 0.3) is 0 Å². The van der Waals surface area contributed by atoms with E-state index in [0.717, 1.165) is 27.5 Å².